The van der Waals surface area contributed by atoms with Gasteiger partial charge in [-0.3, -0.25) is 4.79 Å². The summed E-state index contributed by atoms with van der Waals surface area (Å²) in [7, 11) is 0. The van der Waals surface area contributed by atoms with Crippen LogP contribution in [-0.2, 0) is 0 Å². The van der Waals surface area contributed by atoms with Gasteiger partial charge >= 0.3 is 0 Å². The molecule has 3 aromatic carbocycles. The summed E-state index contributed by atoms with van der Waals surface area (Å²) in [5, 5.41) is 5.09. The first kappa shape index (κ1) is 15.7. The predicted octanol–water partition coefficient (Wildman–Crippen LogP) is 6.38. The number of anilines is 1. The van der Waals surface area contributed by atoms with Crippen molar-refractivity contribution in [1.29, 1.82) is 0 Å². The van der Waals surface area contributed by atoms with Crippen molar-refractivity contribution in [2.75, 3.05) is 5.32 Å². The highest BCUT2D eigenvalue weighted by Crippen LogP contribution is 2.33. The Balaban J connectivity index is 1.93. The second-order valence-corrected chi connectivity index (χ2v) is 7.38. The zero-order valence-corrected chi connectivity index (χ0v) is 16.0. The molecule has 0 bridgehead atoms. The van der Waals surface area contributed by atoms with Gasteiger partial charge < -0.3 is 5.32 Å². The van der Waals surface area contributed by atoms with Gasteiger partial charge in [0.15, 0.2) is 0 Å². The summed E-state index contributed by atoms with van der Waals surface area (Å²) >= 11 is 10.4. The summed E-state index contributed by atoms with van der Waals surface area (Å²) < 4.78 is 2.85. The summed E-state index contributed by atoms with van der Waals surface area (Å²) in [5.74, 6) is -0.135. The zero-order chi connectivity index (χ0) is 15.7. The van der Waals surface area contributed by atoms with Crippen LogP contribution in [0.4, 0.5) is 5.69 Å². The summed E-state index contributed by atoms with van der Waals surface area (Å²) in [5.41, 5.74) is 1.37. The number of fused-ring (bicyclic) bond motifs is 1. The number of hydrogen-bond acceptors (Lipinski definition) is 1. The third-order valence-electron chi connectivity index (χ3n) is 3.27. The van der Waals surface area contributed by atoms with Crippen molar-refractivity contribution < 1.29 is 4.79 Å². The van der Waals surface area contributed by atoms with Gasteiger partial charge in [-0.2, -0.15) is 0 Å². The van der Waals surface area contributed by atoms with Crippen molar-refractivity contribution in [2.24, 2.45) is 0 Å². The molecule has 5 heteroatoms. The average molecular weight is 484 g/mol. The largest absolute Gasteiger partial charge is 0.321 e. The normalized spacial score (nSPS) is 10.7. The first-order valence-corrected chi connectivity index (χ1v) is 8.87. The monoisotopic (exact) mass is 481 g/mol. The Labute approximate surface area is 153 Å². The molecule has 3 aromatic rings. The molecule has 3 rings (SSSR count). The molecular formula is C17H10Br3NO. The smallest absolute Gasteiger partial charge is 0.255 e. The van der Waals surface area contributed by atoms with Crippen LogP contribution >= 0.6 is 47.8 Å². The van der Waals surface area contributed by atoms with Gasteiger partial charge in [-0.1, -0.05) is 44.0 Å². The lowest BCUT2D eigenvalue weighted by Gasteiger charge is -2.10. The fourth-order valence-electron chi connectivity index (χ4n) is 2.16. The second-order valence-electron chi connectivity index (χ2n) is 4.75. The third-order valence-corrected chi connectivity index (χ3v) is 5.15. The highest BCUT2D eigenvalue weighted by atomic mass is 79.9. The Kier molecular flexibility index (Phi) is 4.66. The van der Waals surface area contributed by atoms with E-state index in [2.05, 4.69) is 53.1 Å². The molecule has 0 aliphatic carbocycles. The van der Waals surface area contributed by atoms with Crippen LogP contribution in [-0.4, -0.2) is 5.91 Å². The highest BCUT2D eigenvalue weighted by Gasteiger charge is 2.10. The Morgan fingerprint density at radius 1 is 0.818 bits per heavy atom. The molecule has 1 amide bonds. The minimum absolute atomic E-state index is 0.135. The van der Waals surface area contributed by atoms with Crippen molar-refractivity contribution in [3.05, 3.63) is 73.6 Å². The van der Waals surface area contributed by atoms with E-state index in [9.17, 15) is 4.79 Å². The lowest BCUT2D eigenvalue weighted by atomic mass is 10.1. The Morgan fingerprint density at radius 2 is 1.50 bits per heavy atom. The average Bonchev–Trinajstić information content (AvgIpc) is 2.50. The first-order valence-electron chi connectivity index (χ1n) is 6.49. The van der Waals surface area contributed by atoms with Crippen LogP contribution in [0.25, 0.3) is 10.8 Å². The van der Waals surface area contributed by atoms with Crippen LogP contribution in [0.1, 0.15) is 10.4 Å². The fraction of sp³-hybridized carbons (Fsp3) is 0. The lowest BCUT2D eigenvalue weighted by molar-refractivity contribution is 0.102. The Bertz CT molecular complexity index is 860. The number of nitrogens with one attached hydrogen (secondary N) is 1. The van der Waals surface area contributed by atoms with E-state index in [-0.39, 0.29) is 5.91 Å². The van der Waals surface area contributed by atoms with Crippen molar-refractivity contribution in [3.63, 3.8) is 0 Å². The summed E-state index contributed by atoms with van der Waals surface area (Å²) in [6.07, 6.45) is 0. The minimum Gasteiger partial charge on any atom is -0.321 e. The van der Waals surface area contributed by atoms with E-state index in [1.165, 1.54) is 0 Å². The molecule has 22 heavy (non-hydrogen) atoms. The highest BCUT2D eigenvalue weighted by molar-refractivity contribution is 9.11. The van der Waals surface area contributed by atoms with Crippen molar-refractivity contribution in [1.82, 2.24) is 0 Å². The zero-order valence-electron chi connectivity index (χ0n) is 11.2. The van der Waals surface area contributed by atoms with E-state index in [1.807, 2.05) is 42.5 Å². The molecule has 0 aliphatic rings. The number of carbonyl (C=O) groups is 1. The third kappa shape index (κ3) is 3.26. The summed E-state index contributed by atoms with van der Waals surface area (Å²) in [6, 6.07) is 17.2. The number of benzene rings is 3. The summed E-state index contributed by atoms with van der Waals surface area (Å²) in [6.45, 7) is 0. The molecule has 0 atom stereocenters. The Morgan fingerprint density at radius 3 is 2.23 bits per heavy atom. The van der Waals surface area contributed by atoms with Crippen LogP contribution < -0.4 is 5.32 Å². The Hall–Kier alpha value is -1.17. The number of halogens is 3. The first-order chi connectivity index (χ1) is 10.5. The van der Waals surface area contributed by atoms with Gasteiger partial charge in [0.2, 0.25) is 0 Å². The quantitative estimate of drug-likeness (QED) is 0.450. The van der Waals surface area contributed by atoms with Gasteiger partial charge in [-0.05, 0) is 69.2 Å². The van der Waals surface area contributed by atoms with Crippen LogP contribution in [0.2, 0.25) is 0 Å². The molecule has 0 saturated heterocycles. The van der Waals surface area contributed by atoms with Crippen molar-refractivity contribution >= 4 is 70.2 Å². The molecule has 2 nitrogen and oxygen atoms in total. The van der Waals surface area contributed by atoms with Crippen LogP contribution in [0, 0.1) is 0 Å². The molecule has 0 heterocycles. The predicted molar refractivity (Wildman–Crippen MR) is 101 cm³/mol. The molecular weight excluding hydrogens is 474 g/mol. The van der Waals surface area contributed by atoms with Gasteiger partial charge in [-0.15, -0.1) is 0 Å². The lowest BCUT2D eigenvalue weighted by Crippen LogP contribution is -2.12. The number of amides is 1. The molecule has 0 aliphatic heterocycles. The van der Waals surface area contributed by atoms with Crippen LogP contribution in [0.3, 0.4) is 0 Å². The molecule has 0 radical (unpaired) electrons. The van der Waals surface area contributed by atoms with E-state index < -0.39 is 0 Å². The van der Waals surface area contributed by atoms with Gasteiger partial charge in [0.1, 0.15) is 0 Å². The van der Waals surface area contributed by atoms with Crippen molar-refractivity contribution in [3.8, 4) is 0 Å². The maximum atomic E-state index is 12.3. The van der Waals surface area contributed by atoms with E-state index in [0.717, 1.165) is 29.9 Å². The molecule has 110 valence electrons. The van der Waals surface area contributed by atoms with E-state index >= 15 is 0 Å². The maximum absolute atomic E-state index is 12.3. The molecule has 1 N–H and O–H groups in total. The van der Waals surface area contributed by atoms with Gasteiger partial charge in [0, 0.05) is 19.0 Å². The van der Waals surface area contributed by atoms with Gasteiger partial charge in [-0.25, -0.2) is 0 Å². The molecule has 0 saturated carbocycles. The summed E-state index contributed by atoms with van der Waals surface area (Å²) in [4.78, 5) is 12.3. The topological polar surface area (TPSA) is 29.1 Å². The SMILES string of the molecule is O=C(Nc1ccc2cc(Br)ccc2c1Br)c1ccc(Br)cc1. The van der Waals surface area contributed by atoms with Crippen LogP contribution in [0.5, 0.6) is 0 Å². The van der Waals surface area contributed by atoms with E-state index in [0.29, 0.717) is 5.56 Å². The van der Waals surface area contributed by atoms with Crippen LogP contribution in [0.15, 0.2) is 68.0 Å². The molecule has 0 unspecified atom stereocenters. The van der Waals surface area contributed by atoms with Gasteiger partial charge in [0.25, 0.3) is 5.91 Å². The minimum atomic E-state index is -0.135. The fourth-order valence-corrected chi connectivity index (χ4v) is 3.39. The van der Waals surface area contributed by atoms with E-state index in [1.54, 1.807) is 12.1 Å². The van der Waals surface area contributed by atoms with E-state index in [4.69, 9.17) is 0 Å². The van der Waals surface area contributed by atoms with Crippen molar-refractivity contribution in [2.45, 2.75) is 0 Å². The second kappa shape index (κ2) is 6.52. The molecule has 0 aromatic heterocycles. The van der Waals surface area contributed by atoms with Gasteiger partial charge in [0.05, 0.1) is 5.69 Å². The molecule has 0 spiro atoms. The maximum Gasteiger partial charge on any atom is 0.255 e. The number of rotatable bonds is 2. The standard InChI is InChI=1S/C17H10Br3NO/c18-12-4-1-10(2-5-12)17(22)21-15-8-3-11-9-13(19)6-7-14(11)16(15)20/h1-9H,(H,21,22). The number of carbonyl (C=O) groups excluding carboxylic acids is 1. The number of hydrogen-bond donors (Lipinski definition) is 1. The molecule has 0 fully saturated rings.